The van der Waals surface area contributed by atoms with Crippen molar-refractivity contribution in [3.05, 3.63) is 29.9 Å². The second-order valence-corrected chi connectivity index (χ2v) is 8.35. The topological polar surface area (TPSA) is 70.6 Å². The summed E-state index contributed by atoms with van der Waals surface area (Å²) in [6.07, 6.45) is 2.97. The Morgan fingerprint density at radius 1 is 1.36 bits per heavy atom. The van der Waals surface area contributed by atoms with Crippen LogP contribution < -0.4 is 5.32 Å². The summed E-state index contributed by atoms with van der Waals surface area (Å²) in [6, 6.07) is 0.264. The lowest BCUT2D eigenvalue weighted by molar-refractivity contribution is 0.0809. The summed E-state index contributed by atoms with van der Waals surface area (Å²) in [4.78, 5) is 25.0. The number of aromatic nitrogens is 2. The van der Waals surface area contributed by atoms with Gasteiger partial charge in [-0.1, -0.05) is 26.5 Å². The number of fused-ring (bicyclic) bond motifs is 1. The summed E-state index contributed by atoms with van der Waals surface area (Å²) in [5.41, 5.74) is 2.21. The molecule has 8 heteroatoms. The van der Waals surface area contributed by atoms with Gasteiger partial charge in [0, 0.05) is 38.8 Å². The van der Waals surface area contributed by atoms with Crippen LogP contribution in [0, 0.1) is 12.8 Å². The van der Waals surface area contributed by atoms with Crippen LogP contribution in [-0.4, -0.2) is 71.2 Å². The van der Waals surface area contributed by atoms with Crippen molar-refractivity contribution in [3.63, 3.8) is 0 Å². The fraction of sp³-hybridized carbons (Fsp3) is 0.550. The minimum atomic E-state index is -0.255. The van der Waals surface area contributed by atoms with Crippen molar-refractivity contribution >= 4 is 33.5 Å². The SMILES string of the molecule is C=CCOC(=O)N1CCN(CC(Nc2ncnc3c(C)csc23)C(C)C)CC1. The summed E-state index contributed by atoms with van der Waals surface area (Å²) < 4.78 is 6.24. The van der Waals surface area contributed by atoms with Crippen LogP contribution in [0.5, 0.6) is 0 Å². The molecule has 7 nitrogen and oxygen atoms in total. The number of carbonyl (C=O) groups is 1. The number of hydrogen-bond acceptors (Lipinski definition) is 7. The number of aryl methyl sites for hydroxylation is 1. The lowest BCUT2D eigenvalue weighted by Crippen LogP contribution is -2.52. The summed E-state index contributed by atoms with van der Waals surface area (Å²) >= 11 is 1.68. The van der Waals surface area contributed by atoms with Crippen LogP contribution in [-0.2, 0) is 4.74 Å². The molecule has 0 aliphatic carbocycles. The zero-order valence-electron chi connectivity index (χ0n) is 16.9. The number of ether oxygens (including phenoxy) is 1. The standard InChI is InChI=1S/C20H29N5O2S/c1-5-10-27-20(26)25-8-6-24(7-9-25)11-16(14(2)3)23-19-18-17(21-13-22-19)15(4)12-28-18/h5,12-14,16H,1,6-11H2,2-4H3,(H,21,22,23). The highest BCUT2D eigenvalue weighted by Crippen LogP contribution is 2.29. The Bertz CT molecular complexity index is 814. The second-order valence-electron chi connectivity index (χ2n) is 7.47. The minimum Gasteiger partial charge on any atom is -0.445 e. The number of nitrogens with zero attached hydrogens (tertiary/aromatic N) is 4. The lowest BCUT2D eigenvalue weighted by Gasteiger charge is -2.37. The number of nitrogens with one attached hydrogen (secondary N) is 1. The molecule has 1 aliphatic rings. The quantitative estimate of drug-likeness (QED) is 0.715. The molecule has 0 bridgehead atoms. The molecule has 1 saturated heterocycles. The van der Waals surface area contributed by atoms with E-state index in [0.29, 0.717) is 19.0 Å². The number of amides is 1. The molecule has 3 rings (SSSR count). The Balaban J connectivity index is 1.60. The maximum Gasteiger partial charge on any atom is 0.410 e. The second kappa shape index (κ2) is 9.34. The molecule has 0 aromatic carbocycles. The molecule has 0 saturated carbocycles. The number of carbonyl (C=O) groups excluding carboxylic acids is 1. The Morgan fingerprint density at radius 2 is 2.11 bits per heavy atom. The summed E-state index contributed by atoms with van der Waals surface area (Å²) in [6.45, 7) is 14.3. The number of piperazine rings is 1. The predicted octanol–water partition coefficient (Wildman–Crippen LogP) is 3.38. The van der Waals surface area contributed by atoms with Gasteiger partial charge in [-0.15, -0.1) is 11.3 Å². The van der Waals surface area contributed by atoms with E-state index in [2.05, 4.69) is 52.9 Å². The van der Waals surface area contributed by atoms with Crippen LogP contribution >= 0.6 is 11.3 Å². The molecule has 1 amide bonds. The fourth-order valence-corrected chi connectivity index (χ4v) is 4.24. The van der Waals surface area contributed by atoms with Gasteiger partial charge in [0.05, 0.1) is 10.2 Å². The Morgan fingerprint density at radius 3 is 2.79 bits per heavy atom. The van der Waals surface area contributed by atoms with Crippen LogP contribution in [0.25, 0.3) is 10.2 Å². The van der Waals surface area contributed by atoms with E-state index in [1.54, 1.807) is 28.6 Å². The monoisotopic (exact) mass is 403 g/mol. The Hall–Kier alpha value is -2.19. The first-order chi connectivity index (χ1) is 13.5. The first kappa shape index (κ1) is 20.5. The summed E-state index contributed by atoms with van der Waals surface area (Å²) in [5.74, 6) is 1.36. The van der Waals surface area contributed by atoms with Gasteiger partial charge in [-0.05, 0) is 23.8 Å². The molecule has 1 atom stereocenters. The van der Waals surface area contributed by atoms with Crippen LogP contribution in [0.1, 0.15) is 19.4 Å². The van der Waals surface area contributed by atoms with Gasteiger partial charge in [0.1, 0.15) is 18.8 Å². The third-order valence-electron chi connectivity index (χ3n) is 5.07. The van der Waals surface area contributed by atoms with Gasteiger partial charge in [-0.2, -0.15) is 0 Å². The van der Waals surface area contributed by atoms with Crippen molar-refractivity contribution < 1.29 is 9.53 Å². The van der Waals surface area contributed by atoms with E-state index in [9.17, 15) is 4.79 Å². The van der Waals surface area contributed by atoms with E-state index in [1.165, 1.54) is 5.56 Å². The molecule has 3 heterocycles. The molecule has 28 heavy (non-hydrogen) atoms. The van der Waals surface area contributed by atoms with Crippen LogP contribution in [0.15, 0.2) is 24.4 Å². The number of rotatable bonds is 7. The van der Waals surface area contributed by atoms with Crippen molar-refractivity contribution in [1.82, 2.24) is 19.8 Å². The van der Waals surface area contributed by atoms with Crippen molar-refractivity contribution in [2.75, 3.05) is 44.6 Å². The third-order valence-corrected chi connectivity index (χ3v) is 6.16. The van der Waals surface area contributed by atoms with Crippen molar-refractivity contribution in [1.29, 1.82) is 0 Å². The molecular weight excluding hydrogens is 374 g/mol. The highest BCUT2D eigenvalue weighted by Gasteiger charge is 2.25. The van der Waals surface area contributed by atoms with Gasteiger partial charge in [0.25, 0.3) is 0 Å². The molecule has 1 unspecified atom stereocenters. The minimum absolute atomic E-state index is 0.255. The highest BCUT2D eigenvalue weighted by atomic mass is 32.1. The van der Waals surface area contributed by atoms with Gasteiger partial charge in [-0.3, -0.25) is 4.90 Å². The Kier molecular flexibility index (Phi) is 6.85. The third kappa shape index (κ3) is 4.80. The van der Waals surface area contributed by atoms with Gasteiger partial charge in [-0.25, -0.2) is 14.8 Å². The van der Waals surface area contributed by atoms with Crippen molar-refractivity contribution in [2.45, 2.75) is 26.8 Å². The molecule has 2 aromatic rings. The van der Waals surface area contributed by atoms with E-state index < -0.39 is 0 Å². The van der Waals surface area contributed by atoms with Crippen molar-refractivity contribution in [3.8, 4) is 0 Å². The van der Waals surface area contributed by atoms with E-state index >= 15 is 0 Å². The Labute approximate surface area is 170 Å². The van der Waals surface area contributed by atoms with Gasteiger partial charge < -0.3 is 15.0 Å². The molecule has 1 aliphatic heterocycles. The molecule has 0 radical (unpaired) electrons. The van der Waals surface area contributed by atoms with Crippen LogP contribution in [0.2, 0.25) is 0 Å². The molecule has 1 N–H and O–H groups in total. The van der Waals surface area contributed by atoms with Gasteiger partial charge in [0.2, 0.25) is 0 Å². The normalized spacial score (nSPS) is 16.4. The first-order valence-corrected chi connectivity index (χ1v) is 10.6. The number of thiophene rings is 1. The van der Waals surface area contributed by atoms with E-state index in [1.807, 2.05) is 0 Å². The molecule has 2 aromatic heterocycles. The predicted molar refractivity (Wildman–Crippen MR) is 114 cm³/mol. The van der Waals surface area contributed by atoms with Gasteiger partial charge in [0.15, 0.2) is 0 Å². The summed E-state index contributed by atoms with van der Waals surface area (Å²) in [5, 5.41) is 5.77. The maximum absolute atomic E-state index is 12.0. The fourth-order valence-electron chi connectivity index (χ4n) is 3.28. The first-order valence-electron chi connectivity index (χ1n) is 9.70. The van der Waals surface area contributed by atoms with Crippen molar-refractivity contribution in [2.24, 2.45) is 5.92 Å². The average Bonchev–Trinajstić information content (AvgIpc) is 3.08. The average molecular weight is 404 g/mol. The van der Waals surface area contributed by atoms with Crippen LogP contribution in [0.4, 0.5) is 10.6 Å². The lowest BCUT2D eigenvalue weighted by atomic mass is 10.0. The largest absolute Gasteiger partial charge is 0.445 e. The highest BCUT2D eigenvalue weighted by molar-refractivity contribution is 7.18. The van der Waals surface area contributed by atoms with Gasteiger partial charge >= 0.3 is 6.09 Å². The molecule has 152 valence electrons. The van der Waals surface area contributed by atoms with E-state index in [-0.39, 0.29) is 18.7 Å². The zero-order valence-corrected chi connectivity index (χ0v) is 17.7. The molecular formula is C20H29N5O2S. The zero-order chi connectivity index (χ0) is 20.1. The van der Waals surface area contributed by atoms with E-state index in [0.717, 1.165) is 35.7 Å². The smallest absolute Gasteiger partial charge is 0.410 e. The summed E-state index contributed by atoms with van der Waals surface area (Å²) in [7, 11) is 0. The number of anilines is 1. The number of hydrogen-bond donors (Lipinski definition) is 1. The maximum atomic E-state index is 12.0. The molecule has 0 spiro atoms. The van der Waals surface area contributed by atoms with E-state index in [4.69, 9.17) is 4.74 Å². The van der Waals surface area contributed by atoms with Crippen LogP contribution in [0.3, 0.4) is 0 Å². The molecule has 1 fully saturated rings.